The van der Waals surface area contributed by atoms with Gasteiger partial charge in [0.15, 0.2) is 0 Å². The van der Waals surface area contributed by atoms with Gasteiger partial charge in [0.25, 0.3) is 11.1 Å². The summed E-state index contributed by atoms with van der Waals surface area (Å²) in [6, 6.07) is 0. The Morgan fingerprint density at radius 3 is 1.44 bits per heavy atom. The number of aliphatic hydroxyl groups excluding tert-OH is 4. The highest BCUT2D eigenvalue weighted by atomic mass is 16.5. The lowest BCUT2D eigenvalue weighted by Crippen LogP contribution is -2.33. The monoisotopic (exact) mass is 484 g/mol. The van der Waals surface area contributed by atoms with Gasteiger partial charge >= 0.3 is 11.4 Å². The van der Waals surface area contributed by atoms with Crippen LogP contribution in [0.1, 0.15) is 36.4 Å². The summed E-state index contributed by atoms with van der Waals surface area (Å²) in [5, 5.41) is 37.0. The smallest absolute Gasteiger partial charge is 0.330 e. The lowest BCUT2D eigenvalue weighted by Gasteiger charge is -2.14. The van der Waals surface area contributed by atoms with Crippen LogP contribution in [0, 0.1) is 13.8 Å². The molecule has 4 rings (SSSR count). The zero-order chi connectivity index (χ0) is 25.2. The van der Waals surface area contributed by atoms with Crippen molar-refractivity contribution in [3.63, 3.8) is 0 Å². The van der Waals surface area contributed by atoms with Crippen LogP contribution in [0.25, 0.3) is 0 Å². The number of hydrogen-bond acceptors (Lipinski definition) is 10. The van der Waals surface area contributed by atoms with E-state index in [0.29, 0.717) is 11.1 Å². The first-order valence-corrected chi connectivity index (χ1v) is 10.6. The molecule has 0 aromatic carbocycles. The molecule has 2 aliphatic heterocycles. The molecule has 14 nitrogen and oxygen atoms in total. The number of aromatic nitrogens is 4. The molecule has 188 valence electrons. The van der Waals surface area contributed by atoms with Crippen LogP contribution in [-0.4, -0.2) is 77.2 Å². The molecule has 2 saturated heterocycles. The van der Waals surface area contributed by atoms with Crippen molar-refractivity contribution < 1.29 is 29.9 Å². The van der Waals surface area contributed by atoms with Crippen molar-refractivity contribution in [2.75, 3.05) is 13.2 Å². The molecule has 0 spiro atoms. The molecule has 2 fully saturated rings. The fourth-order valence-electron chi connectivity index (χ4n) is 3.70. The summed E-state index contributed by atoms with van der Waals surface area (Å²) < 4.78 is 13.1. The number of rotatable bonds is 4. The van der Waals surface area contributed by atoms with Crippen LogP contribution in [-0.2, 0) is 9.47 Å². The molecule has 2 aromatic rings. The third-order valence-electron chi connectivity index (χ3n) is 5.68. The van der Waals surface area contributed by atoms with Crippen LogP contribution in [0.3, 0.4) is 0 Å². The topological polar surface area (TPSA) is 209 Å². The number of nitrogens with zero attached hydrogens (tertiary/aromatic N) is 2. The van der Waals surface area contributed by atoms with Crippen molar-refractivity contribution in [3.05, 3.63) is 65.2 Å². The van der Waals surface area contributed by atoms with Gasteiger partial charge in [0.2, 0.25) is 0 Å². The van der Waals surface area contributed by atoms with Gasteiger partial charge in [0.05, 0.1) is 25.4 Å². The number of H-pyrrole nitrogens is 2. The van der Waals surface area contributed by atoms with E-state index >= 15 is 0 Å². The highest BCUT2D eigenvalue weighted by molar-refractivity contribution is 5.03. The molecule has 2 aromatic heterocycles. The average Bonchev–Trinajstić information content (AvgIpc) is 3.35. The van der Waals surface area contributed by atoms with Gasteiger partial charge in [-0.3, -0.25) is 28.7 Å². The molecule has 2 aliphatic rings. The minimum Gasteiger partial charge on any atom is -0.394 e. The standard InChI is InChI=1S/2C10H14N2O5/c2*1-5-3-12(10(16)11-9(5)15)8-2-6(14)7(4-13)17-8/h2*3,6-8,13-14H,2,4H2,1H3,(H,11,15,16)/t2*6-,7+,8-/m00/s1. The van der Waals surface area contributed by atoms with E-state index in [1.54, 1.807) is 13.8 Å². The Balaban J connectivity index is 0.000000191. The van der Waals surface area contributed by atoms with Crippen molar-refractivity contribution in [1.29, 1.82) is 0 Å². The minimum absolute atomic E-state index is 0.205. The Morgan fingerprint density at radius 2 is 1.15 bits per heavy atom. The third kappa shape index (κ3) is 5.43. The molecule has 0 bridgehead atoms. The highest BCUT2D eigenvalue weighted by Gasteiger charge is 2.36. The number of nitrogens with one attached hydrogen (secondary N) is 2. The third-order valence-corrected chi connectivity index (χ3v) is 5.68. The number of aromatic amines is 2. The van der Waals surface area contributed by atoms with E-state index in [2.05, 4.69) is 9.97 Å². The van der Waals surface area contributed by atoms with Crippen LogP contribution in [0.4, 0.5) is 0 Å². The quantitative estimate of drug-likeness (QED) is 0.258. The van der Waals surface area contributed by atoms with Crippen LogP contribution >= 0.6 is 0 Å². The average molecular weight is 484 g/mol. The molecule has 4 heterocycles. The zero-order valence-corrected chi connectivity index (χ0v) is 18.6. The van der Waals surface area contributed by atoms with E-state index < -0.39 is 59.4 Å². The van der Waals surface area contributed by atoms with Gasteiger partial charge in [-0.2, -0.15) is 0 Å². The lowest BCUT2D eigenvalue weighted by molar-refractivity contribution is -0.0459. The molecule has 0 saturated carbocycles. The number of aryl methyl sites for hydroxylation is 2. The van der Waals surface area contributed by atoms with Crippen molar-refractivity contribution >= 4 is 0 Å². The number of aliphatic hydroxyl groups is 4. The molecular formula is C20H28N4O10. The SMILES string of the molecule is Cc1cn([C@@H]2C[C@H](O)[C@@H](CO)O2)c(=O)[nH]c1=O.Cc1cn([C@@H]2C[C@H](O)[C@@H](CO)O2)c(=O)[nH]c1=O. The van der Waals surface area contributed by atoms with Crippen molar-refractivity contribution in [2.45, 2.75) is 63.6 Å². The summed E-state index contributed by atoms with van der Waals surface area (Å²) in [4.78, 5) is 49.8. The molecule has 0 aliphatic carbocycles. The Bertz CT molecular complexity index is 1140. The lowest BCUT2D eigenvalue weighted by atomic mass is 10.2. The van der Waals surface area contributed by atoms with E-state index in [1.807, 2.05) is 0 Å². The van der Waals surface area contributed by atoms with Crippen molar-refractivity contribution in [1.82, 2.24) is 19.1 Å². The van der Waals surface area contributed by atoms with E-state index in [-0.39, 0.29) is 26.1 Å². The predicted octanol–water partition coefficient (Wildman–Crippen LogP) is -3.03. The summed E-state index contributed by atoms with van der Waals surface area (Å²) in [7, 11) is 0. The van der Waals surface area contributed by atoms with E-state index in [4.69, 9.17) is 19.7 Å². The van der Waals surface area contributed by atoms with Crippen LogP contribution in [0.15, 0.2) is 31.6 Å². The maximum atomic E-state index is 11.6. The number of hydrogen-bond donors (Lipinski definition) is 6. The van der Waals surface area contributed by atoms with Crippen molar-refractivity contribution in [3.8, 4) is 0 Å². The second-order valence-corrected chi connectivity index (χ2v) is 8.19. The normalized spacial score (nSPS) is 28.5. The summed E-state index contributed by atoms with van der Waals surface area (Å²) in [6.45, 7) is 2.52. The molecular weight excluding hydrogens is 456 g/mol. The maximum absolute atomic E-state index is 11.6. The largest absolute Gasteiger partial charge is 0.394 e. The summed E-state index contributed by atoms with van der Waals surface area (Å²) >= 11 is 0. The van der Waals surface area contributed by atoms with Crippen LogP contribution < -0.4 is 22.5 Å². The molecule has 0 unspecified atom stereocenters. The second kappa shape index (κ2) is 10.6. The summed E-state index contributed by atoms with van der Waals surface area (Å²) in [6.07, 6.45) is -1.16. The van der Waals surface area contributed by atoms with E-state index in [1.165, 1.54) is 21.5 Å². The van der Waals surface area contributed by atoms with Crippen LogP contribution in [0.5, 0.6) is 0 Å². The first-order chi connectivity index (χ1) is 16.0. The second-order valence-electron chi connectivity index (χ2n) is 8.19. The molecule has 6 atom stereocenters. The van der Waals surface area contributed by atoms with E-state index in [0.717, 1.165) is 0 Å². The fraction of sp³-hybridized carbons (Fsp3) is 0.600. The van der Waals surface area contributed by atoms with Gasteiger partial charge in [0.1, 0.15) is 24.7 Å². The van der Waals surface area contributed by atoms with Gasteiger partial charge < -0.3 is 29.9 Å². The van der Waals surface area contributed by atoms with Crippen molar-refractivity contribution in [2.24, 2.45) is 0 Å². The zero-order valence-electron chi connectivity index (χ0n) is 18.6. The summed E-state index contributed by atoms with van der Waals surface area (Å²) in [5.74, 6) is 0. The van der Waals surface area contributed by atoms with Gasteiger partial charge in [-0.25, -0.2) is 9.59 Å². The minimum atomic E-state index is -0.816. The molecule has 34 heavy (non-hydrogen) atoms. The van der Waals surface area contributed by atoms with Gasteiger partial charge in [0, 0.05) is 36.4 Å². The van der Waals surface area contributed by atoms with Gasteiger partial charge in [-0.15, -0.1) is 0 Å². The Kier molecular flexibility index (Phi) is 8.01. The molecule has 6 N–H and O–H groups in total. The Hall–Kier alpha value is -2.88. The summed E-state index contributed by atoms with van der Waals surface area (Å²) in [5.41, 5.74) is -1.29. The molecule has 0 radical (unpaired) electrons. The molecule has 0 amide bonds. The first-order valence-electron chi connectivity index (χ1n) is 10.6. The van der Waals surface area contributed by atoms with Gasteiger partial charge in [-0.05, 0) is 13.8 Å². The number of ether oxygens (including phenoxy) is 2. The van der Waals surface area contributed by atoms with Crippen LogP contribution in [0.2, 0.25) is 0 Å². The first kappa shape index (κ1) is 25.7. The predicted molar refractivity (Wildman–Crippen MR) is 115 cm³/mol. The maximum Gasteiger partial charge on any atom is 0.330 e. The fourth-order valence-corrected chi connectivity index (χ4v) is 3.70. The Labute approximate surface area is 191 Å². The van der Waals surface area contributed by atoms with E-state index in [9.17, 15) is 29.4 Å². The molecule has 14 heteroatoms. The Morgan fingerprint density at radius 1 is 0.794 bits per heavy atom. The highest BCUT2D eigenvalue weighted by Crippen LogP contribution is 2.28. The van der Waals surface area contributed by atoms with Gasteiger partial charge in [-0.1, -0.05) is 0 Å².